The Morgan fingerprint density at radius 2 is 0.619 bits per heavy atom. The molecule has 42 heavy (non-hydrogen) atoms. The van der Waals surface area contributed by atoms with Crippen molar-refractivity contribution in [2.45, 2.75) is 0 Å². The zero-order valence-corrected chi connectivity index (χ0v) is 22.4. The highest BCUT2D eigenvalue weighted by molar-refractivity contribution is 7.19. The molecule has 5 aromatic carbocycles. The molecule has 0 aliphatic carbocycles. The molecule has 0 radical (unpaired) electrons. The van der Waals surface area contributed by atoms with Crippen LogP contribution in [-0.2, 0) is 0 Å². The Morgan fingerprint density at radius 1 is 0.381 bits per heavy atom. The van der Waals surface area contributed by atoms with Crippen molar-refractivity contribution in [3.63, 3.8) is 0 Å². The fourth-order valence-corrected chi connectivity index (χ4v) is 5.23. The fourth-order valence-electron chi connectivity index (χ4n) is 5.23. The van der Waals surface area contributed by atoms with Gasteiger partial charge in [0.1, 0.15) is 58.4 Å². The summed E-state index contributed by atoms with van der Waals surface area (Å²) in [7, 11) is 4.24. The molecule has 0 aliphatic heterocycles. The van der Waals surface area contributed by atoms with E-state index < -0.39 is 52.7 Å². The molecule has 0 aromatic heterocycles. The van der Waals surface area contributed by atoms with Crippen LogP contribution in [0.3, 0.4) is 0 Å². The second-order valence-corrected chi connectivity index (χ2v) is 10.0. The highest BCUT2D eigenvalue weighted by atomic mass is 19.2. The van der Waals surface area contributed by atoms with Gasteiger partial charge in [0.25, 0.3) is 0 Å². The minimum Gasteiger partial charge on any atom is -0.307 e. The van der Waals surface area contributed by atoms with Crippen LogP contribution in [0.25, 0.3) is 0 Å². The van der Waals surface area contributed by atoms with Crippen LogP contribution >= 0.6 is 0 Å². The van der Waals surface area contributed by atoms with Gasteiger partial charge in [0.2, 0.25) is 0 Å². The molecule has 216 valence electrons. The van der Waals surface area contributed by atoms with E-state index >= 15 is 0 Å². The molecule has 0 aliphatic rings. The van der Waals surface area contributed by atoms with Crippen molar-refractivity contribution in [3.05, 3.63) is 150 Å². The van der Waals surface area contributed by atoms with E-state index in [2.05, 4.69) is 38.4 Å². The van der Waals surface area contributed by atoms with Crippen molar-refractivity contribution >= 4 is 33.7 Å². The van der Waals surface area contributed by atoms with E-state index in [-0.39, 0.29) is 21.9 Å². The zero-order chi connectivity index (χ0) is 30.6. The van der Waals surface area contributed by atoms with Gasteiger partial charge in [-0.05, 0) is 12.1 Å². The topological polar surface area (TPSA) is 4.44 Å². The largest absolute Gasteiger partial charge is 0.307 e. The number of hydrogen-bond donors (Lipinski definition) is 1. The Balaban J connectivity index is 0.000000385. The van der Waals surface area contributed by atoms with Crippen LogP contribution in [-0.4, -0.2) is 20.2 Å². The first-order chi connectivity index (χ1) is 19.9. The van der Waals surface area contributed by atoms with Crippen LogP contribution < -0.4 is 26.8 Å². The summed E-state index contributed by atoms with van der Waals surface area (Å²) in [5.41, 5.74) is -0.0856. The summed E-state index contributed by atoms with van der Waals surface area (Å²) in [4.78, 5) is 1.37. The molecule has 10 heteroatoms. The van der Waals surface area contributed by atoms with Crippen LogP contribution in [0.4, 0.5) is 40.8 Å². The summed E-state index contributed by atoms with van der Waals surface area (Å²) in [6.45, 7) is 0. The molecule has 0 amide bonds. The van der Waals surface area contributed by atoms with Gasteiger partial charge in [0, 0.05) is 24.3 Å². The third-order valence-electron chi connectivity index (χ3n) is 6.89. The highest BCUT2D eigenvalue weighted by Crippen LogP contribution is 2.16. The molecule has 0 saturated heterocycles. The molecule has 0 unspecified atom stereocenters. The standard InChI is InChI=1S/C24H12BF8.C8H11N/c26-17-1-13(2-18(27)9-17)25(14-3-19(28)10-20(29)4-14,15-5-21(30)11-22(31)6-15)16-7-23(32)12-24(33)8-16;1-9(2)8-6-4-3-5-7-8/h1-12H;3-7H,1-2H3/q-1;/p+1. The molecule has 1 N–H and O–H groups in total. The van der Waals surface area contributed by atoms with Crippen molar-refractivity contribution < 1.29 is 40.0 Å². The number of benzene rings is 5. The molecule has 0 atom stereocenters. The molecule has 0 bridgehead atoms. The minimum atomic E-state index is -3.29. The number of halogens is 8. The van der Waals surface area contributed by atoms with E-state index in [1.807, 2.05) is 6.07 Å². The number of para-hydroxylation sites is 1. The molecule has 0 fully saturated rings. The van der Waals surface area contributed by atoms with Crippen LogP contribution in [0, 0.1) is 46.5 Å². The first-order valence-electron chi connectivity index (χ1n) is 12.8. The lowest BCUT2D eigenvalue weighted by atomic mass is 9.13. The van der Waals surface area contributed by atoms with Crippen molar-refractivity contribution in [3.8, 4) is 0 Å². The average Bonchev–Trinajstić information content (AvgIpc) is 2.88. The molecule has 0 heterocycles. The van der Waals surface area contributed by atoms with Gasteiger partial charge < -0.3 is 4.90 Å². The van der Waals surface area contributed by atoms with Crippen molar-refractivity contribution in [2.24, 2.45) is 0 Å². The Bertz CT molecular complexity index is 1420. The lowest BCUT2D eigenvalue weighted by molar-refractivity contribution is -0.786. The normalized spacial score (nSPS) is 11.3. The summed E-state index contributed by atoms with van der Waals surface area (Å²) in [5.74, 6) is -8.99. The van der Waals surface area contributed by atoms with Gasteiger partial charge in [-0.15, -0.1) is 0 Å². The van der Waals surface area contributed by atoms with Crippen LogP contribution in [0.5, 0.6) is 0 Å². The first kappa shape index (κ1) is 30.5. The molecule has 1 nitrogen and oxygen atoms in total. The average molecular weight is 585 g/mol. The molecule has 5 aromatic rings. The van der Waals surface area contributed by atoms with Crippen molar-refractivity contribution in [1.29, 1.82) is 0 Å². The van der Waals surface area contributed by atoms with Gasteiger partial charge in [0.05, 0.1) is 14.1 Å². The lowest BCUT2D eigenvalue weighted by Gasteiger charge is -2.44. The van der Waals surface area contributed by atoms with Gasteiger partial charge in [-0.3, -0.25) is 0 Å². The second kappa shape index (κ2) is 12.6. The van der Waals surface area contributed by atoms with E-state index in [4.69, 9.17) is 0 Å². The Morgan fingerprint density at radius 3 is 0.810 bits per heavy atom. The zero-order valence-electron chi connectivity index (χ0n) is 22.4. The lowest BCUT2D eigenvalue weighted by Crippen LogP contribution is -3.00. The molecule has 0 saturated carbocycles. The van der Waals surface area contributed by atoms with E-state index in [1.165, 1.54) is 10.6 Å². The van der Waals surface area contributed by atoms with E-state index in [9.17, 15) is 35.1 Å². The maximum atomic E-state index is 14.3. The summed E-state index contributed by atoms with van der Waals surface area (Å²) < 4.78 is 114. The van der Waals surface area contributed by atoms with Crippen LogP contribution in [0.1, 0.15) is 0 Å². The maximum absolute atomic E-state index is 14.3. The minimum absolute atomic E-state index is 0.354. The second-order valence-electron chi connectivity index (χ2n) is 10.0. The summed E-state index contributed by atoms with van der Waals surface area (Å²) in [5, 5.41) is 0. The fraction of sp³-hybridized carbons (Fsp3) is 0.0625. The number of hydrogen-bond acceptors (Lipinski definition) is 0. The molecular weight excluding hydrogens is 561 g/mol. The Labute approximate surface area is 237 Å². The van der Waals surface area contributed by atoms with Gasteiger partial charge >= 0.3 is 0 Å². The predicted octanol–water partition coefficient (Wildman–Crippen LogP) is 4.64. The maximum Gasteiger partial charge on any atom is 0.130 e. The van der Waals surface area contributed by atoms with E-state index in [0.717, 1.165) is 48.5 Å². The van der Waals surface area contributed by atoms with Crippen molar-refractivity contribution in [1.82, 2.24) is 0 Å². The number of quaternary nitrogens is 1. The first-order valence-corrected chi connectivity index (χ1v) is 12.8. The monoisotopic (exact) mass is 585 g/mol. The van der Waals surface area contributed by atoms with E-state index in [1.54, 1.807) is 0 Å². The molecule has 5 rings (SSSR count). The van der Waals surface area contributed by atoms with Gasteiger partial charge in [0.15, 0.2) is 0 Å². The van der Waals surface area contributed by atoms with Gasteiger partial charge in [-0.1, -0.05) is 66.7 Å². The summed E-state index contributed by atoms with van der Waals surface area (Å²) in [6.07, 6.45) is -3.29. The van der Waals surface area contributed by atoms with Crippen molar-refractivity contribution in [2.75, 3.05) is 14.1 Å². The third kappa shape index (κ3) is 6.71. The van der Waals surface area contributed by atoms with Crippen LogP contribution in [0.15, 0.2) is 103 Å². The third-order valence-corrected chi connectivity index (χ3v) is 6.89. The smallest absolute Gasteiger partial charge is 0.130 e. The van der Waals surface area contributed by atoms with Gasteiger partial charge in [-0.25, -0.2) is 35.1 Å². The van der Waals surface area contributed by atoms with E-state index in [0.29, 0.717) is 24.3 Å². The van der Waals surface area contributed by atoms with Gasteiger partial charge in [-0.2, -0.15) is 21.9 Å². The Hall–Kier alpha value is -4.44. The SMILES string of the molecule is C[NH+](C)c1ccccc1.Fc1cc(F)cc([B-](c2cc(F)cc(F)c2)(c2cc(F)cc(F)c2)c2cc(F)cc(F)c2)c1. The number of nitrogens with one attached hydrogen (secondary N) is 1. The highest BCUT2D eigenvalue weighted by Gasteiger charge is 2.35. The number of rotatable bonds is 5. The van der Waals surface area contributed by atoms with Crippen LogP contribution in [0.2, 0.25) is 0 Å². The predicted molar refractivity (Wildman–Crippen MR) is 149 cm³/mol. The Kier molecular flexibility index (Phi) is 9.16. The quantitative estimate of drug-likeness (QED) is 0.227. The summed E-state index contributed by atoms with van der Waals surface area (Å²) >= 11 is 0. The summed E-state index contributed by atoms with van der Waals surface area (Å²) in [6, 6.07) is 18.6. The molecule has 0 spiro atoms. The molecular formula is C32H24BF8N.